The largest absolute Gasteiger partial charge is 0.480 e. The molecule has 0 spiro atoms. The van der Waals surface area contributed by atoms with Crippen LogP contribution in [-0.2, 0) is 19.2 Å². The Morgan fingerprint density at radius 1 is 1.03 bits per heavy atom. The van der Waals surface area contributed by atoms with Crippen LogP contribution in [0.5, 0.6) is 0 Å². The molecule has 11 N–H and O–H groups in total. The molecule has 0 aromatic carbocycles. The standard InChI is InChI=1S/C17H33N7O6/c1-9(2)6-10(18)14(27)24-11(4-3-5-21-17(19)20)15(28)22-7-13(26)23-12(8-25)16(29)30/h9-12,25H,3-8,18H2,1-2H3,(H,22,28)(H,23,26)(H,24,27)(H,29,30)(H4,19,20,21). The Morgan fingerprint density at radius 2 is 1.67 bits per heavy atom. The Morgan fingerprint density at radius 3 is 2.17 bits per heavy atom. The second kappa shape index (κ2) is 14.1. The second-order valence-electron chi connectivity index (χ2n) is 7.10. The quantitative estimate of drug-likeness (QED) is 0.0775. The molecule has 0 bridgehead atoms. The van der Waals surface area contributed by atoms with Gasteiger partial charge in [-0.25, -0.2) is 4.79 Å². The van der Waals surface area contributed by atoms with Gasteiger partial charge in [0, 0.05) is 6.54 Å². The Bertz CT molecular complexity index is 622. The predicted molar refractivity (Wildman–Crippen MR) is 109 cm³/mol. The minimum Gasteiger partial charge on any atom is -0.480 e. The molecular formula is C17H33N7O6. The van der Waals surface area contributed by atoms with E-state index < -0.39 is 55.0 Å². The monoisotopic (exact) mass is 431 g/mol. The van der Waals surface area contributed by atoms with Crippen molar-refractivity contribution in [1.29, 1.82) is 0 Å². The van der Waals surface area contributed by atoms with Crippen molar-refractivity contribution in [3.63, 3.8) is 0 Å². The van der Waals surface area contributed by atoms with Gasteiger partial charge < -0.3 is 43.4 Å². The maximum atomic E-state index is 12.4. The van der Waals surface area contributed by atoms with Gasteiger partial charge in [0.25, 0.3) is 0 Å². The first-order valence-electron chi connectivity index (χ1n) is 9.50. The topological polar surface area (TPSA) is 235 Å². The van der Waals surface area contributed by atoms with Crippen LogP contribution in [-0.4, -0.2) is 77.7 Å². The number of aliphatic hydroxyl groups is 1. The molecule has 0 rings (SSSR count). The zero-order valence-electron chi connectivity index (χ0n) is 17.3. The van der Waals surface area contributed by atoms with Gasteiger partial charge in [-0.1, -0.05) is 13.8 Å². The molecule has 13 heteroatoms. The number of aliphatic carboxylic acids is 1. The fourth-order valence-electron chi connectivity index (χ4n) is 2.39. The highest BCUT2D eigenvalue weighted by atomic mass is 16.4. The average molecular weight is 431 g/mol. The van der Waals surface area contributed by atoms with E-state index in [2.05, 4.69) is 15.6 Å². The summed E-state index contributed by atoms with van der Waals surface area (Å²) >= 11 is 0. The summed E-state index contributed by atoms with van der Waals surface area (Å²) in [4.78, 5) is 51.1. The zero-order valence-corrected chi connectivity index (χ0v) is 17.3. The maximum Gasteiger partial charge on any atom is 0.328 e. The van der Waals surface area contributed by atoms with Gasteiger partial charge in [0.15, 0.2) is 5.96 Å². The van der Waals surface area contributed by atoms with Gasteiger partial charge in [0.1, 0.15) is 12.1 Å². The lowest BCUT2D eigenvalue weighted by Crippen LogP contribution is -2.54. The smallest absolute Gasteiger partial charge is 0.328 e. The van der Waals surface area contributed by atoms with Gasteiger partial charge in [0.2, 0.25) is 17.7 Å². The number of nitrogens with zero attached hydrogens (tertiary/aromatic N) is 1. The third-order valence-corrected chi connectivity index (χ3v) is 3.88. The van der Waals surface area contributed by atoms with Crippen LogP contribution in [0, 0.1) is 5.92 Å². The van der Waals surface area contributed by atoms with Crippen molar-refractivity contribution in [2.45, 2.75) is 51.2 Å². The third-order valence-electron chi connectivity index (χ3n) is 3.88. The second-order valence-corrected chi connectivity index (χ2v) is 7.10. The third kappa shape index (κ3) is 11.8. The molecule has 30 heavy (non-hydrogen) atoms. The number of aliphatic imine (C=N–C) groups is 1. The lowest BCUT2D eigenvalue weighted by molar-refractivity contribution is -0.142. The summed E-state index contributed by atoms with van der Waals surface area (Å²) < 4.78 is 0. The first-order valence-corrected chi connectivity index (χ1v) is 9.50. The van der Waals surface area contributed by atoms with E-state index in [1.807, 2.05) is 19.2 Å². The maximum absolute atomic E-state index is 12.4. The number of aliphatic hydroxyl groups excluding tert-OH is 1. The van der Waals surface area contributed by atoms with Crippen molar-refractivity contribution >= 4 is 29.7 Å². The van der Waals surface area contributed by atoms with Crippen LogP contribution in [0.15, 0.2) is 4.99 Å². The lowest BCUT2D eigenvalue weighted by Gasteiger charge is -2.21. The van der Waals surface area contributed by atoms with E-state index in [9.17, 15) is 19.2 Å². The highest BCUT2D eigenvalue weighted by Gasteiger charge is 2.25. The molecule has 3 amide bonds. The van der Waals surface area contributed by atoms with Crippen molar-refractivity contribution in [2.75, 3.05) is 19.7 Å². The van der Waals surface area contributed by atoms with Gasteiger partial charge in [0.05, 0.1) is 19.2 Å². The lowest BCUT2D eigenvalue weighted by atomic mass is 10.0. The summed E-state index contributed by atoms with van der Waals surface area (Å²) in [6.07, 6.45) is 0.973. The number of nitrogens with one attached hydrogen (secondary N) is 3. The molecule has 0 fully saturated rings. The van der Waals surface area contributed by atoms with Gasteiger partial charge in [-0.15, -0.1) is 0 Å². The number of hydrogen-bond donors (Lipinski definition) is 8. The molecule has 0 aromatic heterocycles. The fraction of sp³-hybridized carbons (Fsp3) is 0.706. The first-order chi connectivity index (χ1) is 14.0. The Kier molecular flexibility index (Phi) is 12.7. The van der Waals surface area contributed by atoms with E-state index in [1.54, 1.807) is 0 Å². The summed E-state index contributed by atoms with van der Waals surface area (Å²) in [7, 11) is 0. The molecule has 13 nitrogen and oxygen atoms in total. The number of hydrogen-bond acceptors (Lipinski definition) is 7. The number of rotatable bonds is 14. The summed E-state index contributed by atoms with van der Waals surface area (Å²) in [5, 5.41) is 24.6. The van der Waals surface area contributed by atoms with E-state index in [1.165, 1.54) is 0 Å². The minimum atomic E-state index is -1.49. The molecule has 0 aliphatic rings. The summed E-state index contributed by atoms with van der Waals surface area (Å²) in [5.74, 6) is -3.32. The molecule has 0 aliphatic heterocycles. The molecule has 0 radical (unpaired) electrons. The summed E-state index contributed by atoms with van der Waals surface area (Å²) in [6.45, 7) is 2.70. The molecular weight excluding hydrogens is 398 g/mol. The number of guanidine groups is 1. The summed E-state index contributed by atoms with van der Waals surface area (Å²) in [5.41, 5.74) is 16.3. The minimum absolute atomic E-state index is 0.104. The van der Waals surface area contributed by atoms with Crippen LogP contribution >= 0.6 is 0 Å². The van der Waals surface area contributed by atoms with Crippen molar-refractivity contribution in [3.8, 4) is 0 Å². The van der Waals surface area contributed by atoms with Crippen molar-refractivity contribution < 1.29 is 29.4 Å². The number of amides is 3. The van der Waals surface area contributed by atoms with Crippen molar-refractivity contribution in [3.05, 3.63) is 0 Å². The number of nitrogens with two attached hydrogens (primary N) is 3. The van der Waals surface area contributed by atoms with Crippen LogP contribution in [0.25, 0.3) is 0 Å². The number of carbonyl (C=O) groups is 4. The van der Waals surface area contributed by atoms with Crippen LogP contribution in [0.4, 0.5) is 0 Å². The molecule has 0 saturated heterocycles. The van der Waals surface area contributed by atoms with Crippen molar-refractivity contribution in [1.82, 2.24) is 16.0 Å². The highest BCUT2D eigenvalue weighted by Crippen LogP contribution is 2.05. The predicted octanol–water partition coefficient (Wildman–Crippen LogP) is -3.42. The Labute approximate surface area is 174 Å². The van der Waals surface area contributed by atoms with Gasteiger partial charge >= 0.3 is 5.97 Å². The van der Waals surface area contributed by atoms with E-state index in [0.29, 0.717) is 12.8 Å². The molecule has 0 aliphatic carbocycles. The van der Waals surface area contributed by atoms with Crippen LogP contribution in [0.2, 0.25) is 0 Å². The molecule has 0 heterocycles. The normalized spacial score (nSPS) is 13.6. The van der Waals surface area contributed by atoms with E-state index in [4.69, 9.17) is 27.4 Å². The Hall–Kier alpha value is -2.93. The van der Waals surface area contributed by atoms with Crippen molar-refractivity contribution in [2.24, 2.45) is 28.1 Å². The molecule has 3 unspecified atom stereocenters. The molecule has 172 valence electrons. The SMILES string of the molecule is CC(C)CC(N)C(=O)NC(CCCN=C(N)N)C(=O)NCC(=O)NC(CO)C(=O)O. The highest BCUT2D eigenvalue weighted by molar-refractivity contribution is 5.92. The van der Waals surface area contributed by atoms with Crippen LogP contribution < -0.4 is 33.2 Å². The van der Waals surface area contributed by atoms with Crippen LogP contribution in [0.1, 0.15) is 33.1 Å². The molecule has 0 aromatic rings. The van der Waals surface area contributed by atoms with E-state index >= 15 is 0 Å². The van der Waals surface area contributed by atoms with E-state index in [0.717, 1.165) is 0 Å². The molecule has 0 saturated carbocycles. The van der Waals surface area contributed by atoms with E-state index in [-0.39, 0.29) is 24.8 Å². The number of carboxylic acids is 1. The van der Waals surface area contributed by atoms with Gasteiger partial charge in [-0.2, -0.15) is 0 Å². The van der Waals surface area contributed by atoms with Gasteiger partial charge in [-0.05, 0) is 25.2 Å². The fourth-order valence-corrected chi connectivity index (χ4v) is 2.39. The molecule has 3 atom stereocenters. The summed E-state index contributed by atoms with van der Waals surface area (Å²) in [6, 6.07) is -3.29. The van der Waals surface area contributed by atoms with Crippen LogP contribution in [0.3, 0.4) is 0 Å². The number of carbonyl (C=O) groups excluding carboxylic acids is 3. The average Bonchev–Trinajstić information content (AvgIpc) is 2.65. The zero-order chi connectivity index (χ0) is 23.3. The number of carboxylic acid groups (broad SMARTS) is 1. The Balaban J connectivity index is 4.91. The first kappa shape index (κ1) is 27.1. The van der Waals surface area contributed by atoms with Gasteiger partial charge in [-0.3, -0.25) is 19.4 Å².